The van der Waals surface area contributed by atoms with Crippen LogP contribution < -0.4 is 4.74 Å². The van der Waals surface area contributed by atoms with Crippen molar-refractivity contribution in [3.63, 3.8) is 0 Å². The summed E-state index contributed by atoms with van der Waals surface area (Å²) in [5, 5.41) is 0. The highest BCUT2D eigenvalue weighted by Gasteiger charge is 2.07. The van der Waals surface area contributed by atoms with E-state index in [1.54, 1.807) is 0 Å². The van der Waals surface area contributed by atoms with Crippen molar-refractivity contribution in [1.82, 2.24) is 4.98 Å². The number of oxazole rings is 1. The minimum Gasteiger partial charge on any atom is -0.417 e. The van der Waals surface area contributed by atoms with Gasteiger partial charge in [-0.15, -0.1) is 11.6 Å². The molecule has 0 aliphatic heterocycles. The zero-order chi connectivity index (χ0) is 11.5. The monoisotopic (exact) mass is 237 g/mol. The number of ether oxygens (including phenoxy) is 1. The number of alkyl halides is 1. The maximum absolute atomic E-state index is 5.62. The summed E-state index contributed by atoms with van der Waals surface area (Å²) in [6, 6.07) is 5.92. The molecule has 0 saturated carbocycles. The molecule has 0 fully saturated rings. The fourth-order valence-corrected chi connectivity index (χ4v) is 1.53. The molecule has 0 bridgehead atoms. The molecule has 1 heterocycles. The van der Waals surface area contributed by atoms with Gasteiger partial charge in [0.2, 0.25) is 0 Å². The molecule has 4 heteroatoms. The van der Waals surface area contributed by atoms with Crippen molar-refractivity contribution in [3.05, 3.63) is 41.3 Å². The van der Waals surface area contributed by atoms with E-state index in [0.29, 0.717) is 11.6 Å². The van der Waals surface area contributed by atoms with E-state index in [9.17, 15) is 0 Å². The van der Waals surface area contributed by atoms with Crippen molar-refractivity contribution in [2.75, 3.05) is 0 Å². The largest absolute Gasteiger partial charge is 0.417 e. The minimum atomic E-state index is 0.225. The Bertz CT molecular complexity index is 494. The van der Waals surface area contributed by atoms with Crippen LogP contribution in [0.25, 0.3) is 0 Å². The lowest BCUT2D eigenvalue weighted by Crippen LogP contribution is -1.88. The topological polar surface area (TPSA) is 35.3 Å². The lowest BCUT2D eigenvalue weighted by atomic mass is 10.1. The van der Waals surface area contributed by atoms with E-state index in [0.717, 1.165) is 11.3 Å². The Morgan fingerprint density at radius 1 is 1.38 bits per heavy atom. The number of benzene rings is 1. The third-order valence-electron chi connectivity index (χ3n) is 2.20. The van der Waals surface area contributed by atoms with Gasteiger partial charge in [-0.05, 0) is 25.5 Å². The van der Waals surface area contributed by atoms with Crippen LogP contribution in [-0.2, 0) is 5.88 Å². The average Bonchev–Trinajstić information content (AvgIpc) is 2.70. The van der Waals surface area contributed by atoms with E-state index in [-0.39, 0.29) is 6.08 Å². The van der Waals surface area contributed by atoms with Crippen LogP contribution in [0.5, 0.6) is 11.8 Å². The molecule has 2 rings (SSSR count). The first kappa shape index (κ1) is 11.0. The number of halogens is 1. The van der Waals surface area contributed by atoms with Gasteiger partial charge in [0.1, 0.15) is 12.0 Å². The Balaban J connectivity index is 2.20. The fourth-order valence-electron chi connectivity index (χ4n) is 1.40. The zero-order valence-corrected chi connectivity index (χ0v) is 9.91. The standard InChI is InChI=1S/C12H12ClNO2/c1-8-3-4-11(9(2)5-8)16-12-14-10(6-13)7-15-12/h3-5,7H,6H2,1-2H3. The van der Waals surface area contributed by atoms with Crippen LogP contribution in [-0.4, -0.2) is 4.98 Å². The van der Waals surface area contributed by atoms with E-state index < -0.39 is 0 Å². The summed E-state index contributed by atoms with van der Waals surface area (Å²) < 4.78 is 10.6. The Morgan fingerprint density at radius 3 is 2.81 bits per heavy atom. The second-order valence-corrected chi connectivity index (χ2v) is 3.88. The van der Waals surface area contributed by atoms with Crippen LogP contribution in [0.15, 0.2) is 28.9 Å². The summed E-state index contributed by atoms with van der Waals surface area (Å²) in [7, 11) is 0. The predicted octanol–water partition coefficient (Wildman–Crippen LogP) is 3.82. The van der Waals surface area contributed by atoms with Gasteiger partial charge >= 0.3 is 6.08 Å². The molecule has 2 aromatic rings. The number of aryl methyl sites for hydroxylation is 2. The second-order valence-electron chi connectivity index (χ2n) is 3.61. The van der Waals surface area contributed by atoms with Crippen molar-refractivity contribution >= 4 is 11.6 Å². The first-order chi connectivity index (χ1) is 7.69. The first-order valence-electron chi connectivity index (χ1n) is 4.94. The fraction of sp³-hybridized carbons (Fsp3) is 0.250. The molecular weight excluding hydrogens is 226 g/mol. The summed E-state index contributed by atoms with van der Waals surface area (Å²) in [5.41, 5.74) is 2.91. The summed E-state index contributed by atoms with van der Waals surface area (Å²) >= 11 is 5.62. The summed E-state index contributed by atoms with van der Waals surface area (Å²) in [6.07, 6.45) is 1.72. The van der Waals surface area contributed by atoms with Crippen LogP contribution in [0, 0.1) is 13.8 Å². The maximum atomic E-state index is 5.62. The van der Waals surface area contributed by atoms with Gasteiger partial charge < -0.3 is 9.15 Å². The third kappa shape index (κ3) is 2.36. The van der Waals surface area contributed by atoms with E-state index in [1.807, 2.05) is 32.0 Å². The van der Waals surface area contributed by atoms with Gasteiger partial charge in [-0.3, -0.25) is 0 Å². The minimum absolute atomic E-state index is 0.225. The molecule has 0 saturated heterocycles. The van der Waals surface area contributed by atoms with Gasteiger partial charge in [-0.25, -0.2) is 0 Å². The molecule has 1 aromatic carbocycles. The molecule has 16 heavy (non-hydrogen) atoms. The van der Waals surface area contributed by atoms with Crippen molar-refractivity contribution in [3.8, 4) is 11.8 Å². The van der Waals surface area contributed by atoms with E-state index in [1.165, 1.54) is 11.8 Å². The second kappa shape index (κ2) is 4.58. The SMILES string of the molecule is Cc1ccc(Oc2nc(CCl)co2)c(C)c1. The van der Waals surface area contributed by atoms with Crippen molar-refractivity contribution < 1.29 is 9.15 Å². The molecule has 0 radical (unpaired) electrons. The van der Waals surface area contributed by atoms with E-state index in [2.05, 4.69) is 4.98 Å². The normalized spacial score (nSPS) is 10.4. The quantitative estimate of drug-likeness (QED) is 0.762. The summed E-state index contributed by atoms with van der Waals surface area (Å²) in [6.45, 7) is 4.02. The highest BCUT2D eigenvalue weighted by molar-refractivity contribution is 6.16. The number of hydrogen-bond donors (Lipinski definition) is 0. The van der Waals surface area contributed by atoms with Crippen LogP contribution in [0.4, 0.5) is 0 Å². The number of aromatic nitrogens is 1. The molecule has 0 amide bonds. The molecule has 84 valence electrons. The highest BCUT2D eigenvalue weighted by Crippen LogP contribution is 2.25. The van der Waals surface area contributed by atoms with Crippen molar-refractivity contribution in [1.29, 1.82) is 0 Å². The Hall–Kier alpha value is -1.48. The Labute approximate surface area is 99.0 Å². The number of nitrogens with zero attached hydrogens (tertiary/aromatic N) is 1. The third-order valence-corrected chi connectivity index (χ3v) is 2.47. The van der Waals surface area contributed by atoms with E-state index >= 15 is 0 Å². The molecule has 3 nitrogen and oxygen atoms in total. The molecule has 0 atom stereocenters. The van der Waals surface area contributed by atoms with Crippen LogP contribution in [0.1, 0.15) is 16.8 Å². The molecule has 1 aromatic heterocycles. The smallest absolute Gasteiger partial charge is 0.399 e. The van der Waals surface area contributed by atoms with Crippen molar-refractivity contribution in [2.24, 2.45) is 0 Å². The Morgan fingerprint density at radius 2 is 2.19 bits per heavy atom. The molecule has 0 aliphatic rings. The number of hydrogen-bond acceptors (Lipinski definition) is 3. The van der Waals surface area contributed by atoms with Crippen LogP contribution >= 0.6 is 11.6 Å². The molecule has 0 spiro atoms. The molecular formula is C12H12ClNO2. The summed E-state index contributed by atoms with van der Waals surface area (Å²) in [4.78, 5) is 4.07. The van der Waals surface area contributed by atoms with Gasteiger partial charge in [-0.1, -0.05) is 17.7 Å². The maximum Gasteiger partial charge on any atom is 0.399 e. The van der Waals surface area contributed by atoms with Crippen LogP contribution in [0.2, 0.25) is 0 Å². The van der Waals surface area contributed by atoms with Gasteiger partial charge in [0.25, 0.3) is 0 Å². The lowest BCUT2D eigenvalue weighted by Gasteiger charge is -2.05. The zero-order valence-electron chi connectivity index (χ0n) is 9.16. The molecule has 0 unspecified atom stereocenters. The average molecular weight is 238 g/mol. The van der Waals surface area contributed by atoms with Crippen molar-refractivity contribution in [2.45, 2.75) is 19.7 Å². The molecule has 0 N–H and O–H groups in total. The highest BCUT2D eigenvalue weighted by atomic mass is 35.5. The predicted molar refractivity (Wildman–Crippen MR) is 62.1 cm³/mol. The van der Waals surface area contributed by atoms with Gasteiger partial charge in [0, 0.05) is 0 Å². The first-order valence-corrected chi connectivity index (χ1v) is 5.48. The molecule has 0 aliphatic carbocycles. The van der Waals surface area contributed by atoms with Gasteiger partial charge in [0.05, 0.1) is 11.6 Å². The number of rotatable bonds is 3. The summed E-state index contributed by atoms with van der Waals surface area (Å²) in [5.74, 6) is 1.06. The van der Waals surface area contributed by atoms with E-state index in [4.69, 9.17) is 20.8 Å². The Kier molecular flexibility index (Phi) is 3.15. The van der Waals surface area contributed by atoms with Gasteiger partial charge in [-0.2, -0.15) is 4.98 Å². The lowest BCUT2D eigenvalue weighted by molar-refractivity contribution is 0.329. The van der Waals surface area contributed by atoms with Crippen LogP contribution in [0.3, 0.4) is 0 Å². The van der Waals surface area contributed by atoms with Gasteiger partial charge in [0.15, 0.2) is 0 Å².